The quantitative estimate of drug-likeness (QED) is 0.176. The molecule has 7 nitrogen and oxygen atoms in total. The van der Waals surface area contributed by atoms with Crippen LogP contribution in [-0.2, 0) is 39.3 Å². The van der Waals surface area contributed by atoms with E-state index in [0.29, 0.717) is 4.57 Å². The Balaban J connectivity index is 3.21. The monoisotopic (exact) mass is 661 g/mol. The SMILES string of the molecule is CCOC(=O)C(OCC)N(c1cc(C(F)(F)F)cc(C(F)(F)F)c1Br)c1nc(C(F)(F)F)c(Cl)c(=O)n1CC. The Bertz CT molecular complexity index is 1280. The summed E-state index contributed by atoms with van der Waals surface area (Å²) >= 11 is 8.14. The molecule has 1 aromatic carbocycles. The fourth-order valence-electron chi connectivity index (χ4n) is 3.29. The topological polar surface area (TPSA) is 73.7 Å². The first-order valence-corrected chi connectivity index (χ1v) is 11.9. The van der Waals surface area contributed by atoms with Crippen molar-refractivity contribution in [3.63, 3.8) is 0 Å². The van der Waals surface area contributed by atoms with Crippen molar-refractivity contribution in [2.75, 3.05) is 18.1 Å². The lowest BCUT2D eigenvalue weighted by molar-refractivity contribution is -0.155. The molecule has 0 radical (unpaired) electrons. The van der Waals surface area contributed by atoms with E-state index in [2.05, 4.69) is 20.9 Å². The van der Waals surface area contributed by atoms with Gasteiger partial charge < -0.3 is 9.47 Å². The van der Waals surface area contributed by atoms with Crippen LogP contribution in [0.3, 0.4) is 0 Å². The maximum absolute atomic E-state index is 13.8. The summed E-state index contributed by atoms with van der Waals surface area (Å²) in [7, 11) is 0. The molecule has 1 aromatic heterocycles. The number of benzene rings is 1. The molecule has 18 heteroatoms. The van der Waals surface area contributed by atoms with E-state index in [-0.39, 0.29) is 23.6 Å². The average molecular weight is 663 g/mol. The normalized spacial score (nSPS) is 13.4. The minimum atomic E-state index is -5.42. The number of carbonyl (C=O) groups excluding carboxylic acids is 1. The molecule has 0 aliphatic heterocycles. The third-order valence-corrected chi connectivity index (χ3v) is 6.06. The van der Waals surface area contributed by atoms with Crippen LogP contribution in [-0.4, -0.2) is 35.0 Å². The van der Waals surface area contributed by atoms with E-state index in [1.165, 1.54) is 20.8 Å². The summed E-state index contributed by atoms with van der Waals surface area (Å²) in [5.41, 5.74) is -8.48. The summed E-state index contributed by atoms with van der Waals surface area (Å²) < 4.78 is 133. The zero-order chi connectivity index (χ0) is 30.1. The Morgan fingerprint density at radius 1 is 1.03 bits per heavy atom. The molecule has 0 N–H and O–H groups in total. The highest BCUT2D eigenvalue weighted by Gasteiger charge is 2.44. The van der Waals surface area contributed by atoms with Crippen LogP contribution >= 0.6 is 27.5 Å². The van der Waals surface area contributed by atoms with Gasteiger partial charge in [0, 0.05) is 13.2 Å². The Morgan fingerprint density at radius 2 is 1.62 bits per heavy atom. The van der Waals surface area contributed by atoms with Crippen molar-refractivity contribution in [1.82, 2.24) is 9.55 Å². The van der Waals surface area contributed by atoms with E-state index in [0.717, 1.165) is 0 Å². The van der Waals surface area contributed by atoms with Gasteiger partial charge in [-0.15, -0.1) is 0 Å². The highest BCUT2D eigenvalue weighted by Crippen LogP contribution is 2.46. The summed E-state index contributed by atoms with van der Waals surface area (Å²) in [6.45, 7) is 2.46. The molecule has 0 spiro atoms. The molecule has 1 heterocycles. The number of ether oxygens (including phenoxy) is 2. The molecular formula is C21H18BrClF9N3O4. The second kappa shape index (κ2) is 11.9. The van der Waals surface area contributed by atoms with Gasteiger partial charge in [-0.1, -0.05) is 11.6 Å². The largest absolute Gasteiger partial charge is 0.463 e. The number of rotatable bonds is 8. The lowest BCUT2D eigenvalue weighted by atomic mass is 10.1. The number of esters is 1. The molecule has 1 atom stereocenters. The molecule has 0 saturated carbocycles. The van der Waals surface area contributed by atoms with Gasteiger partial charge >= 0.3 is 24.5 Å². The number of halogens is 11. The standard InChI is InChI=1S/C21H18BrClF9N3O4/c1-4-34-15(36)13(23)14(21(30,31)32)33-18(34)35(16(38-5-2)17(37)39-6-3)11-8-9(19(24,25)26)7-10(12(11)22)20(27,28)29/h7-8,16H,4-6H2,1-3H3. The first-order chi connectivity index (χ1) is 17.8. The molecule has 2 aromatic rings. The van der Waals surface area contributed by atoms with Gasteiger partial charge in [-0.3, -0.25) is 14.3 Å². The lowest BCUT2D eigenvalue weighted by Crippen LogP contribution is -2.45. The lowest BCUT2D eigenvalue weighted by Gasteiger charge is -2.34. The Labute approximate surface area is 227 Å². The van der Waals surface area contributed by atoms with Gasteiger partial charge in [-0.25, -0.2) is 9.78 Å². The predicted octanol–water partition coefficient (Wildman–Crippen LogP) is 6.80. The van der Waals surface area contributed by atoms with E-state index in [1.54, 1.807) is 0 Å². The van der Waals surface area contributed by atoms with Crippen LogP contribution in [0.4, 0.5) is 51.1 Å². The Kier molecular flexibility index (Phi) is 9.99. The van der Waals surface area contributed by atoms with Crippen molar-refractivity contribution in [1.29, 1.82) is 0 Å². The minimum absolute atomic E-state index is 0.124. The molecule has 1 unspecified atom stereocenters. The molecule has 39 heavy (non-hydrogen) atoms. The summed E-state index contributed by atoms with van der Waals surface area (Å²) in [5.74, 6) is -2.61. The second-order valence-electron chi connectivity index (χ2n) is 7.40. The Hall–Kier alpha value is -2.53. The highest BCUT2D eigenvalue weighted by molar-refractivity contribution is 9.10. The van der Waals surface area contributed by atoms with Crippen LogP contribution < -0.4 is 10.5 Å². The molecule has 0 saturated heterocycles. The van der Waals surface area contributed by atoms with E-state index in [4.69, 9.17) is 21.1 Å². The van der Waals surface area contributed by atoms with Gasteiger partial charge in [-0.05, 0) is 48.8 Å². The summed E-state index contributed by atoms with van der Waals surface area (Å²) in [6, 6.07) is -0.117. The number of aromatic nitrogens is 2. The van der Waals surface area contributed by atoms with Crippen molar-refractivity contribution < 1.29 is 53.8 Å². The van der Waals surface area contributed by atoms with Gasteiger partial charge in [0.1, 0.15) is 5.02 Å². The van der Waals surface area contributed by atoms with Gasteiger partial charge in [0.05, 0.1) is 27.9 Å². The van der Waals surface area contributed by atoms with E-state index < -0.39 is 87.4 Å². The number of carbonyl (C=O) groups is 1. The average Bonchev–Trinajstić information content (AvgIpc) is 2.79. The number of hydrogen-bond acceptors (Lipinski definition) is 6. The number of anilines is 2. The third-order valence-electron chi connectivity index (χ3n) is 4.89. The smallest absolute Gasteiger partial charge is 0.435 e. The van der Waals surface area contributed by atoms with Crippen molar-refractivity contribution in [3.8, 4) is 0 Å². The van der Waals surface area contributed by atoms with E-state index in [1.807, 2.05) is 0 Å². The fourth-order valence-corrected chi connectivity index (χ4v) is 4.19. The van der Waals surface area contributed by atoms with Gasteiger partial charge in [0.15, 0.2) is 5.69 Å². The van der Waals surface area contributed by atoms with E-state index in [9.17, 15) is 49.1 Å². The van der Waals surface area contributed by atoms with Crippen LogP contribution in [0.1, 0.15) is 37.6 Å². The molecule has 218 valence electrons. The Morgan fingerprint density at radius 3 is 2.05 bits per heavy atom. The molecule has 0 aliphatic carbocycles. The summed E-state index contributed by atoms with van der Waals surface area (Å²) in [5, 5.41) is -1.42. The van der Waals surface area contributed by atoms with Gasteiger partial charge in [0.25, 0.3) is 5.56 Å². The van der Waals surface area contributed by atoms with Crippen LogP contribution in [0.2, 0.25) is 5.02 Å². The van der Waals surface area contributed by atoms with Gasteiger partial charge in [-0.2, -0.15) is 39.5 Å². The van der Waals surface area contributed by atoms with Crippen LogP contribution in [0.5, 0.6) is 0 Å². The number of alkyl halides is 9. The molecule has 0 fully saturated rings. The number of nitrogens with zero attached hydrogens (tertiary/aromatic N) is 3. The van der Waals surface area contributed by atoms with Crippen molar-refractivity contribution >= 4 is 45.1 Å². The zero-order valence-corrected chi connectivity index (χ0v) is 22.3. The summed E-state index contributed by atoms with van der Waals surface area (Å²) in [6.07, 6.45) is -18.5. The summed E-state index contributed by atoms with van der Waals surface area (Å²) in [4.78, 5) is 29.1. The predicted molar refractivity (Wildman–Crippen MR) is 123 cm³/mol. The van der Waals surface area contributed by atoms with Crippen molar-refractivity contribution in [2.45, 2.75) is 52.1 Å². The van der Waals surface area contributed by atoms with Crippen LogP contribution in [0.15, 0.2) is 21.4 Å². The van der Waals surface area contributed by atoms with Crippen molar-refractivity contribution in [3.05, 3.63) is 48.8 Å². The fraction of sp³-hybridized carbons (Fsp3) is 0.476. The van der Waals surface area contributed by atoms with Crippen LogP contribution in [0, 0.1) is 0 Å². The second-order valence-corrected chi connectivity index (χ2v) is 8.57. The maximum atomic E-state index is 13.8. The number of hydrogen-bond donors (Lipinski definition) is 0. The minimum Gasteiger partial charge on any atom is -0.463 e. The molecule has 0 aliphatic rings. The van der Waals surface area contributed by atoms with Gasteiger partial charge in [0.2, 0.25) is 12.2 Å². The molecule has 2 rings (SSSR count). The third kappa shape index (κ3) is 6.98. The highest BCUT2D eigenvalue weighted by atomic mass is 79.9. The molecular weight excluding hydrogens is 645 g/mol. The maximum Gasteiger partial charge on any atom is 0.435 e. The first kappa shape index (κ1) is 32.7. The molecule has 0 bridgehead atoms. The van der Waals surface area contributed by atoms with Crippen LogP contribution in [0.25, 0.3) is 0 Å². The van der Waals surface area contributed by atoms with Crippen molar-refractivity contribution in [2.24, 2.45) is 0 Å². The van der Waals surface area contributed by atoms with E-state index >= 15 is 0 Å². The zero-order valence-electron chi connectivity index (χ0n) is 20.0. The molecule has 0 amide bonds. The first-order valence-electron chi connectivity index (χ1n) is 10.7.